The Labute approximate surface area is 169 Å². The Morgan fingerprint density at radius 1 is 1.46 bits per heavy atom. The number of aromatic nitrogens is 2. The van der Waals surface area contributed by atoms with Gasteiger partial charge in [0, 0.05) is 43.0 Å². The summed E-state index contributed by atoms with van der Waals surface area (Å²) in [5.74, 6) is 0.410. The first-order chi connectivity index (χ1) is 13.5. The summed E-state index contributed by atoms with van der Waals surface area (Å²) in [5, 5.41) is 11.3. The van der Waals surface area contributed by atoms with Crippen molar-refractivity contribution in [1.29, 1.82) is 0 Å². The van der Waals surface area contributed by atoms with Crippen LogP contribution in [-0.4, -0.2) is 46.8 Å². The van der Waals surface area contributed by atoms with Gasteiger partial charge in [-0.05, 0) is 56.5 Å². The summed E-state index contributed by atoms with van der Waals surface area (Å²) in [6.45, 7) is 6.06. The van der Waals surface area contributed by atoms with E-state index in [1.165, 1.54) is 6.07 Å². The summed E-state index contributed by atoms with van der Waals surface area (Å²) >= 11 is 5.94. The number of nitrogens with zero attached hydrogens (tertiary/aromatic N) is 4. The quantitative estimate of drug-likeness (QED) is 0.822. The Hall–Kier alpha value is -2.41. The molecule has 0 saturated carbocycles. The number of likely N-dealkylation sites (N-methyl/N-ethyl adjacent to an activating group) is 1. The van der Waals surface area contributed by atoms with Gasteiger partial charge in [0.25, 0.3) is 0 Å². The highest BCUT2D eigenvalue weighted by Gasteiger charge is 2.28. The number of aryl methyl sites for hydroxylation is 1. The van der Waals surface area contributed by atoms with Crippen molar-refractivity contribution in [3.05, 3.63) is 52.4 Å². The van der Waals surface area contributed by atoms with Gasteiger partial charge < -0.3 is 15.1 Å². The predicted octanol–water partition coefficient (Wildman–Crippen LogP) is 3.78. The van der Waals surface area contributed by atoms with Crippen molar-refractivity contribution in [2.75, 3.05) is 24.5 Å². The third-order valence-electron chi connectivity index (χ3n) is 5.08. The molecule has 1 N–H and O–H groups in total. The number of anilines is 1. The van der Waals surface area contributed by atoms with Crippen LogP contribution in [0.15, 0.2) is 30.5 Å². The summed E-state index contributed by atoms with van der Waals surface area (Å²) in [7, 11) is 0. The van der Waals surface area contributed by atoms with Gasteiger partial charge in [0.1, 0.15) is 5.82 Å². The van der Waals surface area contributed by atoms with Crippen LogP contribution in [0, 0.1) is 12.7 Å². The van der Waals surface area contributed by atoms with Crippen molar-refractivity contribution in [3.8, 4) is 0 Å². The predicted molar refractivity (Wildman–Crippen MR) is 108 cm³/mol. The van der Waals surface area contributed by atoms with Gasteiger partial charge in [-0.3, -0.25) is 0 Å². The second kappa shape index (κ2) is 9.19. The average Bonchev–Trinajstić information content (AvgIpc) is 2.71. The Balaban J connectivity index is 1.64. The molecule has 0 radical (unpaired) electrons. The molecule has 1 fully saturated rings. The largest absolute Gasteiger partial charge is 0.353 e. The number of rotatable bonds is 5. The second-order valence-electron chi connectivity index (χ2n) is 6.96. The lowest BCUT2D eigenvalue weighted by molar-refractivity contribution is 0.169. The number of carbonyl (C=O) groups is 1. The first-order valence-corrected chi connectivity index (χ1v) is 9.89. The van der Waals surface area contributed by atoms with Crippen molar-refractivity contribution in [3.63, 3.8) is 0 Å². The summed E-state index contributed by atoms with van der Waals surface area (Å²) in [4.78, 5) is 16.7. The monoisotopic (exact) mass is 405 g/mol. The van der Waals surface area contributed by atoms with E-state index in [1.807, 2.05) is 30.9 Å². The Bertz CT molecular complexity index is 820. The lowest BCUT2D eigenvalue weighted by atomic mass is 10.0. The third kappa shape index (κ3) is 4.70. The summed E-state index contributed by atoms with van der Waals surface area (Å²) in [6, 6.07) is 6.62. The number of hydrogen-bond acceptors (Lipinski definition) is 4. The maximum Gasteiger partial charge on any atom is 0.317 e. The van der Waals surface area contributed by atoms with Gasteiger partial charge in [-0.25, -0.2) is 9.18 Å². The van der Waals surface area contributed by atoms with Crippen LogP contribution < -0.4 is 10.2 Å². The van der Waals surface area contributed by atoms with E-state index in [2.05, 4.69) is 20.4 Å². The highest BCUT2D eigenvalue weighted by Crippen LogP contribution is 2.22. The van der Waals surface area contributed by atoms with Crippen LogP contribution in [0.3, 0.4) is 0 Å². The molecule has 2 heterocycles. The van der Waals surface area contributed by atoms with E-state index in [-0.39, 0.29) is 18.6 Å². The molecule has 1 aliphatic rings. The lowest BCUT2D eigenvalue weighted by Gasteiger charge is -2.39. The Kier molecular flexibility index (Phi) is 6.67. The lowest BCUT2D eigenvalue weighted by Crippen LogP contribution is -2.53. The van der Waals surface area contributed by atoms with Gasteiger partial charge in [-0.2, -0.15) is 5.10 Å². The van der Waals surface area contributed by atoms with E-state index in [4.69, 9.17) is 11.6 Å². The highest BCUT2D eigenvalue weighted by atomic mass is 35.5. The Morgan fingerprint density at radius 3 is 3.00 bits per heavy atom. The molecule has 8 heteroatoms. The molecule has 6 nitrogen and oxygen atoms in total. The van der Waals surface area contributed by atoms with E-state index < -0.39 is 5.82 Å². The van der Waals surface area contributed by atoms with Crippen LogP contribution in [-0.2, 0) is 6.54 Å². The van der Waals surface area contributed by atoms with Gasteiger partial charge in [0.05, 0.1) is 6.04 Å². The molecule has 28 heavy (non-hydrogen) atoms. The SMILES string of the molecule is CCN(C(=O)NCc1cc(C)c(Cl)cc1F)[C@H]1CCCN(c2cccnn2)C1. The molecular weight excluding hydrogens is 381 g/mol. The summed E-state index contributed by atoms with van der Waals surface area (Å²) in [6.07, 6.45) is 3.54. The van der Waals surface area contributed by atoms with Crippen LogP contribution in [0.4, 0.5) is 15.0 Å². The van der Waals surface area contributed by atoms with E-state index >= 15 is 0 Å². The summed E-state index contributed by atoms with van der Waals surface area (Å²) in [5.41, 5.74) is 1.21. The molecule has 0 bridgehead atoms. The molecule has 3 rings (SSSR count). The maximum absolute atomic E-state index is 14.1. The standard InChI is InChI=1S/C20H25ClFN5O/c1-3-27(16-6-5-9-26(13-16)19-7-4-8-24-25-19)20(28)23-12-15-10-14(2)17(21)11-18(15)22/h4,7-8,10-11,16H,3,5-6,9,12-13H2,1-2H3,(H,23,28)/t16-/m0/s1. The Morgan fingerprint density at radius 2 is 2.29 bits per heavy atom. The van der Waals surface area contributed by atoms with E-state index in [0.29, 0.717) is 23.7 Å². The summed E-state index contributed by atoms with van der Waals surface area (Å²) < 4.78 is 14.1. The molecule has 1 aliphatic heterocycles. The van der Waals surface area contributed by atoms with E-state index in [1.54, 1.807) is 12.3 Å². The molecular formula is C20H25ClFN5O. The van der Waals surface area contributed by atoms with Gasteiger partial charge in [0.15, 0.2) is 5.82 Å². The van der Waals surface area contributed by atoms with Gasteiger partial charge in [-0.1, -0.05) is 11.6 Å². The molecule has 0 unspecified atom stereocenters. The first kappa shape index (κ1) is 20.3. The smallest absolute Gasteiger partial charge is 0.317 e. The van der Waals surface area contributed by atoms with Gasteiger partial charge >= 0.3 is 6.03 Å². The topological polar surface area (TPSA) is 61.4 Å². The average molecular weight is 406 g/mol. The highest BCUT2D eigenvalue weighted by molar-refractivity contribution is 6.31. The fraction of sp³-hybridized carbons (Fsp3) is 0.450. The third-order valence-corrected chi connectivity index (χ3v) is 5.49. The minimum atomic E-state index is -0.412. The minimum absolute atomic E-state index is 0.0672. The number of benzene rings is 1. The first-order valence-electron chi connectivity index (χ1n) is 9.51. The molecule has 150 valence electrons. The van der Waals surface area contributed by atoms with Crippen molar-refractivity contribution >= 4 is 23.4 Å². The number of piperidine rings is 1. The van der Waals surface area contributed by atoms with Crippen LogP contribution in [0.25, 0.3) is 0 Å². The van der Waals surface area contributed by atoms with Crippen molar-refractivity contribution in [2.45, 2.75) is 39.3 Å². The van der Waals surface area contributed by atoms with Crippen molar-refractivity contribution in [1.82, 2.24) is 20.4 Å². The molecule has 0 spiro atoms. The van der Waals surface area contributed by atoms with Crippen LogP contribution in [0.1, 0.15) is 30.9 Å². The fourth-order valence-corrected chi connectivity index (χ4v) is 3.72. The van der Waals surface area contributed by atoms with E-state index in [9.17, 15) is 9.18 Å². The van der Waals surface area contributed by atoms with E-state index in [0.717, 1.165) is 30.8 Å². The second-order valence-corrected chi connectivity index (χ2v) is 7.37. The zero-order valence-corrected chi connectivity index (χ0v) is 16.9. The minimum Gasteiger partial charge on any atom is -0.353 e. The number of carbonyl (C=O) groups excluding carboxylic acids is 1. The van der Waals surface area contributed by atoms with Crippen LogP contribution >= 0.6 is 11.6 Å². The number of nitrogens with one attached hydrogen (secondary N) is 1. The molecule has 1 aromatic heterocycles. The number of halogens is 2. The van der Waals surface area contributed by atoms with Crippen LogP contribution in [0.5, 0.6) is 0 Å². The number of urea groups is 1. The van der Waals surface area contributed by atoms with Crippen molar-refractivity contribution in [2.24, 2.45) is 0 Å². The molecule has 2 aromatic rings. The normalized spacial score (nSPS) is 16.7. The van der Waals surface area contributed by atoms with Crippen molar-refractivity contribution < 1.29 is 9.18 Å². The molecule has 1 aromatic carbocycles. The zero-order chi connectivity index (χ0) is 20.1. The zero-order valence-electron chi connectivity index (χ0n) is 16.2. The fourth-order valence-electron chi connectivity index (χ4n) is 3.57. The molecule has 1 saturated heterocycles. The maximum atomic E-state index is 14.1. The number of hydrogen-bond donors (Lipinski definition) is 1. The molecule has 1 atom stereocenters. The van der Waals surface area contributed by atoms with Crippen LogP contribution in [0.2, 0.25) is 5.02 Å². The van der Waals surface area contributed by atoms with Gasteiger partial charge in [0.2, 0.25) is 0 Å². The molecule has 2 amide bonds. The molecule has 0 aliphatic carbocycles. The van der Waals surface area contributed by atoms with Gasteiger partial charge in [-0.15, -0.1) is 5.10 Å². The number of amides is 2.